The maximum Gasteiger partial charge on any atom is 0.251 e. The number of ether oxygens (including phenoxy) is 2. The molecule has 38 heavy (non-hydrogen) atoms. The van der Waals surface area contributed by atoms with Gasteiger partial charge in [0.15, 0.2) is 17.6 Å². The number of allylic oxidation sites excluding steroid dienone is 4. The van der Waals surface area contributed by atoms with E-state index in [-0.39, 0.29) is 24.5 Å². The number of fused-ring (bicyclic) bond motifs is 1. The quantitative estimate of drug-likeness (QED) is 0.228. The van der Waals surface area contributed by atoms with Gasteiger partial charge in [-0.15, -0.1) is 0 Å². The lowest BCUT2D eigenvalue weighted by atomic mass is 9.71. The molecule has 2 amide bonds. The first kappa shape index (κ1) is 32.6. The van der Waals surface area contributed by atoms with Gasteiger partial charge in [0.25, 0.3) is 5.91 Å². The van der Waals surface area contributed by atoms with Crippen molar-refractivity contribution in [3.63, 3.8) is 0 Å². The van der Waals surface area contributed by atoms with E-state index < -0.39 is 18.6 Å². The van der Waals surface area contributed by atoms with Crippen LogP contribution in [0.25, 0.3) is 0 Å². The van der Waals surface area contributed by atoms with E-state index in [4.69, 9.17) is 19.7 Å². The molecule has 1 fully saturated rings. The zero-order valence-corrected chi connectivity index (χ0v) is 22.8. The Balaban J connectivity index is 0.000000358. The van der Waals surface area contributed by atoms with Crippen molar-refractivity contribution in [2.24, 2.45) is 5.41 Å². The summed E-state index contributed by atoms with van der Waals surface area (Å²) < 4.78 is 10.3. The minimum Gasteiger partial charge on any atom is -0.454 e. The fourth-order valence-corrected chi connectivity index (χ4v) is 4.03. The minimum absolute atomic E-state index is 0.203. The standard InChI is InChI=1S/C16H23NO2.C11H13NO5.C2H6/c1-4-5-6-7-14(2)12-16(15(3)19)8-10-17(13-18)11-9-16;13-5-8(14)11(15)12-4-7-1-2-9-10(3-7)17-6-16-9;1-2/h4-6,13H,1-2,7-12H2,3H3;1-3,8,13-14H,4-6H2,(H,12,15);1-2H3. The number of aliphatic hydroxyl groups is 2. The van der Waals surface area contributed by atoms with E-state index in [2.05, 4.69) is 18.5 Å². The molecular weight excluding hydrogens is 488 g/mol. The molecule has 1 aromatic rings. The number of piperidine rings is 1. The highest BCUT2D eigenvalue weighted by molar-refractivity contribution is 5.83. The highest BCUT2D eigenvalue weighted by Crippen LogP contribution is 2.38. The van der Waals surface area contributed by atoms with E-state index >= 15 is 0 Å². The van der Waals surface area contributed by atoms with Crippen LogP contribution in [-0.2, 0) is 20.9 Å². The molecule has 9 nitrogen and oxygen atoms in total. The fourth-order valence-electron chi connectivity index (χ4n) is 4.03. The van der Waals surface area contributed by atoms with E-state index in [1.807, 2.05) is 26.0 Å². The van der Waals surface area contributed by atoms with Gasteiger partial charge in [0, 0.05) is 25.0 Å². The number of Topliss-reactive ketones (excluding diaryl/α,β-unsaturated/α-hetero) is 1. The van der Waals surface area contributed by atoms with Crippen LogP contribution in [0.1, 0.15) is 52.0 Å². The van der Waals surface area contributed by atoms with Crippen molar-refractivity contribution < 1.29 is 34.1 Å². The topological polar surface area (TPSA) is 125 Å². The third kappa shape index (κ3) is 10.1. The van der Waals surface area contributed by atoms with Crippen LogP contribution in [0.5, 0.6) is 11.5 Å². The molecule has 2 aliphatic heterocycles. The molecule has 3 N–H and O–H groups in total. The average molecular weight is 531 g/mol. The number of aliphatic hydroxyl groups excluding tert-OH is 2. The molecule has 9 heteroatoms. The van der Waals surface area contributed by atoms with Crippen molar-refractivity contribution in [1.29, 1.82) is 0 Å². The summed E-state index contributed by atoms with van der Waals surface area (Å²) in [7, 11) is 0. The van der Waals surface area contributed by atoms with Gasteiger partial charge in [0.05, 0.1) is 6.61 Å². The molecule has 0 aliphatic carbocycles. The molecule has 210 valence electrons. The number of hydrogen-bond acceptors (Lipinski definition) is 7. The lowest BCUT2D eigenvalue weighted by Crippen LogP contribution is -2.43. The molecule has 0 aromatic heterocycles. The maximum atomic E-state index is 12.0. The molecule has 0 spiro atoms. The predicted octanol–water partition coefficient (Wildman–Crippen LogP) is 3.30. The molecule has 0 bridgehead atoms. The van der Waals surface area contributed by atoms with Gasteiger partial charge < -0.3 is 29.9 Å². The monoisotopic (exact) mass is 530 g/mol. The summed E-state index contributed by atoms with van der Waals surface area (Å²) >= 11 is 0. The number of carbonyl (C=O) groups excluding carboxylic acids is 3. The first-order valence-electron chi connectivity index (χ1n) is 12.8. The van der Waals surface area contributed by atoms with Crippen molar-refractivity contribution in [2.45, 2.75) is 59.1 Å². The third-order valence-corrected chi connectivity index (χ3v) is 6.30. The Labute approximate surface area is 225 Å². The maximum absolute atomic E-state index is 12.0. The smallest absolute Gasteiger partial charge is 0.251 e. The summed E-state index contributed by atoms with van der Waals surface area (Å²) in [5, 5.41) is 20.1. The van der Waals surface area contributed by atoms with E-state index in [1.54, 1.807) is 36.1 Å². The summed E-state index contributed by atoms with van der Waals surface area (Å²) in [6.07, 6.45) is 8.09. The minimum atomic E-state index is -1.39. The second kappa shape index (κ2) is 17.1. The molecule has 1 unspecified atom stereocenters. The van der Waals surface area contributed by atoms with Crippen LogP contribution in [0.3, 0.4) is 0 Å². The zero-order chi connectivity index (χ0) is 28.6. The van der Waals surface area contributed by atoms with Crippen LogP contribution in [-0.4, -0.2) is 65.8 Å². The van der Waals surface area contributed by atoms with Gasteiger partial charge in [-0.05, 0) is 50.3 Å². The van der Waals surface area contributed by atoms with Gasteiger partial charge in [-0.3, -0.25) is 14.4 Å². The highest BCUT2D eigenvalue weighted by Gasteiger charge is 2.38. The highest BCUT2D eigenvalue weighted by atomic mass is 16.7. The Kier molecular flexibility index (Phi) is 14.7. The van der Waals surface area contributed by atoms with Crippen LogP contribution in [0.2, 0.25) is 0 Å². The number of hydrogen-bond donors (Lipinski definition) is 3. The first-order valence-corrected chi connectivity index (χ1v) is 12.8. The van der Waals surface area contributed by atoms with Crippen LogP contribution in [0.15, 0.2) is 55.2 Å². The Bertz CT molecular complexity index is 966. The second-order valence-electron chi connectivity index (χ2n) is 8.88. The van der Waals surface area contributed by atoms with E-state index in [9.17, 15) is 14.4 Å². The third-order valence-electron chi connectivity index (χ3n) is 6.30. The molecule has 3 rings (SSSR count). The zero-order valence-electron chi connectivity index (χ0n) is 22.8. The Morgan fingerprint density at radius 1 is 1.21 bits per heavy atom. The summed E-state index contributed by atoms with van der Waals surface area (Å²) in [5.74, 6) is 0.923. The average Bonchev–Trinajstić information content (AvgIpc) is 3.41. The van der Waals surface area contributed by atoms with Gasteiger partial charge in [-0.25, -0.2) is 0 Å². The van der Waals surface area contributed by atoms with Crippen molar-refractivity contribution in [3.05, 3.63) is 60.7 Å². The molecule has 2 aliphatic rings. The van der Waals surface area contributed by atoms with Crippen LogP contribution in [0, 0.1) is 5.41 Å². The second-order valence-corrected chi connectivity index (χ2v) is 8.88. The van der Waals surface area contributed by atoms with Crippen molar-refractivity contribution in [2.75, 3.05) is 26.5 Å². The Morgan fingerprint density at radius 3 is 2.45 bits per heavy atom. The van der Waals surface area contributed by atoms with Crippen molar-refractivity contribution in [3.8, 4) is 11.5 Å². The summed E-state index contributed by atoms with van der Waals surface area (Å²) in [5.41, 5.74) is 1.57. The first-order chi connectivity index (χ1) is 18.2. The number of nitrogens with one attached hydrogen (secondary N) is 1. The molecule has 0 saturated carbocycles. The van der Waals surface area contributed by atoms with E-state index in [0.717, 1.165) is 43.2 Å². The number of benzene rings is 1. The number of amides is 2. The molecule has 2 heterocycles. The van der Waals surface area contributed by atoms with Gasteiger partial charge >= 0.3 is 0 Å². The SMILES string of the molecule is C=CC=CCC(=C)CC1(C(C)=O)CCN(C=O)CC1.CC.O=C(NCc1ccc2c(c1)OCO2)C(O)CO. The molecule has 0 radical (unpaired) electrons. The normalized spacial score (nSPS) is 15.8. The fraction of sp³-hybridized carbons (Fsp3) is 0.483. The summed E-state index contributed by atoms with van der Waals surface area (Å²) in [4.78, 5) is 35.7. The van der Waals surface area contributed by atoms with E-state index in [0.29, 0.717) is 24.6 Å². The number of carbonyl (C=O) groups is 3. The van der Waals surface area contributed by atoms with Gasteiger partial charge in [-0.1, -0.05) is 56.9 Å². The van der Waals surface area contributed by atoms with Gasteiger partial charge in [0.2, 0.25) is 13.2 Å². The lowest BCUT2D eigenvalue weighted by molar-refractivity contribution is -0.132. The molecular formula is C29H42N2O7. The number of likely N-dealkylation sites (tertiary alicyclic amines) is 1. The Morgan fingerprint density at radius 2 is 1.87 bits per heavy atom. The Hall–Kier alpha value is -3.43. The molecule has 1 aromatic carbocycles. The largest absolute Gasteiger partial charge is 0.454 e. The molecule has 1 saturated heterocycles. The van der Waals surface area contributed by atoms with Crippen LogP contribution in [0.4, 0.5) is 0 Å². The number of nitrogens with zero attached hydrogens (tertiary/aromatic N) is 1. The van der Waals surface area contributed by atoms with Crippen LogP contribution < -0.4 is 14.8 Å². The van der Waals surface area contributed by atoms with Gasteiger partial charge in [-0.2, -0.15) is 0 Å². The van der Waals surface area contributed by atoms with Crippen molar-refractivity contribution >= 4 is 18.1 Å². The number of ketones is 1. The number of rotatable bonds is 11. The van der Waals surface area contributed by atoms with Crippen LogP contribution >= 0.6 is 0 Å². The predicted molar refractivity (Wildman–Crippen MR) is 147 cm³/mol. The molecule has 1 atom stereocenters. The van der Waals surface area contributed by atoms with Gasteiger partial charge in [0.1, 0.15) is 5.78 Å². The summed E-state index contributed by atoms with van der Waals surface area (Å²) in [6.45, 7) is 14.5. The summed E-state index contributed by atoms with van der Waals surface area (Å²) in [6, 6.07) is 5.30. The van der Waals surface area contributed by atoms with Crippen molar-refractivity contribution in [1.82, 2.24) is 10.2 Å². The van der Waals surface area contributed by atoms with E-state index in [1.165, 1.54) is 0 Å². The lowest BCUT2D eigenvalue weighted by Gasteiger charge is -2.39.